The van der Waals surface area contributed by atoms with E-state index in [4.69, 9.17) is 5.11 Å². The first kappa shape index (κ1) is 7.67. The van der Waals surface area contributed by atoms with Crippen LogP contribution in [0.15, 0.2) is 24.3 Å². The summed E-state index contributed by atoms with van der Waals surface area (Å²) in [5.74, 6) is -1.23. The predicted molar refractivity (Wildman–Crippen MR) is 44.7 cm³/mol. The lowest BCUT2D eigenvalue weighted by Gasteiger charge is -2.04. The zero-order valence-corrected chi connectivity index (χ0v) is 6.57. The van der Waals surface area contributed by atoms with Gasteiger partial charge in [-0.2, -0.15) is 0 Å². The van der Waals surface area contributed by atoms with E-state index in [1.54, 1.807) is 12.1 Å². The fraction of sp³-hybridized carbons (Fsp3) is 0. The number of aromatic carboxylic acids is 1. The van der Waals surface area contributed by atoms with Crippen LogP contribution < -0.4 is 5.11 Å². The zero-order valence-electron chi connectivity index (χ0n) is 6.57. The number of aromatic nitrogens is 1. The first-order valence-electron chi connectivity index (χ1n) is 3.70. The second kappa shape index (κ2) is 2.52. The van der Waals surface area contributed by atoms with E-state index in [9.17, 15) is 9.90 Å². The fourth-order valence-electron chi connectivity index (χ4n) is 1.24. The Balaban J connectivity index is 2.75. The molecule has 0 spiro atoms. The van der Waals surface area contributed by atoms with Crippen molar-refractivity contribution in [1.29, 1.82) is 0 Å². The predicted octanol–water partition coefficient (Wildman–Crippen LogP) is 0.940. The summed E-state index contributed by atoms with van der Waals surface area (Å²) < 4.78 is 0. The van der Waals surface area contributed by atoms with Gasteiger partial charge in [-0.3, -0.25) is 0 Å². The summed E-state index contributed by atoms with van der Waals surface area (Å²) in [5.41, 5.74) is 0.600. The van der Waals surface area contributed by atoms with Gasteiger partial charge in [-0.15, -0.1) is 0 Å². The molecule has 0 saturated carbocycles. The van der Waals surface area contributed by atoms with Crippen molar-refractivity contribution in [3.63, 3.8) is 0 Å². The van der Waals surface area contributed by atoms with Crippen molar-refractivity contribution in [3.8, 4) is 5.75 Å². The number of carboxylic acid groups (broad SMARTS) is 1. The summed E-state index contributed by atoms with van der Waals surface area (Å²) in [6.07, 6.45) is 0. The number of aromatic amines is 1. The third-order valence-corrected chi connectivity index (χ3v) is 1.85. The van der Waals surface area contributed by atoms with Crippen LogP contribution in [0, 0.1) is 0 Å². The van der Waals surface area contributed by atoms with Crippen LogP contribution in [0.25, 0.3) is 10.9 Å². The molecule has 0 aliphatic carbocycles. The number of nitrogens with one attached hydrogen (secondary N) is 1. The van der Waals surface area contributed by atoms with E-state index in [1.165, 1.54) is 12.1 Å². The Morgan fingerprint density at radius 2 is 2.23 bits per heavy atom. The number of hydrogen-bond donors (Lipinski definition) is 2. The summed E-state index contributed by atoms with van der Waals surface area (Å²) in [5, 5.41) is 20.3. The molecule has 13 heavy (non-hydrogen) atoms. The second-order valence-electron chi connectivity index (χ2n) is 2.71. The molecule has 1 aromatic heterocycles. The van der Waals surface area contributed by atoms with E-state index in [1.807, 2.05) is 0 Å². The first-order valence-corrected chi connectivity index (χ1v) is 3.70. The number of hydrogen-bond acceptors (Lipinski definition) is 2. The van der Waals surface area contributed by atoms with Crippen LogP contribution in [-0.2, 0) is 0 Å². The topological polar surface area (TPSA) is 76.2 Å². The smallest absolute Gasteiger partial charge is 0.352 e. The normalized spacial score (nSPS) is 10.5. The van der Waals surface area contributed by atoms with E-state index in [0.29, 0.717) is 10.9 Å². The molecule has 2 rings (SSSR count). The van der Waals surface area contributed by atoms with Crippen LogP contribution in [0.4, 0.5) is 0 Å². The molecule has 0 saturated heterocycles. The molecule has 4 nitrogen and oxygen atoms in total. The van der Waals surface area contributed by atoms with Gasteiger partial charge < -0.3 is 15.2 Å². The first-order chi connectivity index (χ1) is 6.18. The largest absolute Gasteiger partial charge is 0.872 e. The standard InChI is InChI=1S/C9H7NO3/c11-8-3-1-2-6-5(8)4-7(10-6)9(12)13/h1-4,10-11H,(H,12,13)/p-1. The Labute approximate surface area is 73.4 Å². The third-order valence-electron chi connectivity index (χ3n) is 1.85. The molecule has 2 aromatic rings. The monoisotopic (exact) mass is 176 g/mol. The van der Waals surface area contributed by atoms with Crippen molar-refractivity contribution >= 4 is 16.9 Å². The second-order valence-corrected chi connectivity index (χ2v) is 2.71. The van der Waals surface area contributed by atoms with Gasteiger partial charge in [-0.1, -0.05) is 17.9 Å². The van der Waals surface area contributed by atoms with Gasteiger partial charge in [0.05, 0.1) is 0 Å². The minimum Gasteiger partial charge on any atom is -0.872 e. The number of H-pyrrole nitrogens is 1. The van der Waals surface area contributed by atoms with Crippen LogP contribution in [0.3, 0.4) is 0 Å². The maximum Gasteiger partial charge on any atom is 0.352 e. The number of carboxylic acids is 1. The Morgan fingerprint density at radius 3 is 2.85 bits per heavy atom. The van der Waals surface area contributed by atoms with Crippen LogP contribution in [0.1, 0.15) is 10.5 Å². The number of carbonyl (C=O) groups is 1. The number of benzene rings is 1. The highest BCUT2D eigenvalue weighted by Crippen LogP contribution is 2.22. The fourth-order valence-corrected chi connectivity index (χ4v) is 1.24. The minimum absolute atomic E-state index is 0.0401. The highest BCUT2D eigenvalue weighted by Gasteiger charge is 2.06. The van der Waals surface area contributed by atoms with Gasteiger partial charge in [0.15, 0.2) is 0 Å². The van der Waals surface area contributed by atoms with Crippen molar-refractivity contribution in [2.24, 2.45) is 0 Å². The maximum atomic E-state index is 11.2. The lowest BCUT2D eigenvalue weighted by atomic mass is 10.2. The van der Waals surface area contributed by atoms with Gasteiger partial charge in [-0.05, 0) is 17.5 Å². The lowest BCUT2D eigenvalue weighted by molar-refractivity contribution is -0.265. The molecular weight excluding hydrogens is 170 g/mol. The maximum absolute atomic E-state index is 11.2. The Kier molecular flexibility index (Phi) is 1.48. The van der Waals surface area contributed by atoms with E-state index in [2.05, 4.69) is 4.98 Å². The minimum atomic E-state index is -1.06. The van der Waals surface area contributed by atoms with Crippen molar-refractivity contribution in [2.45, 2.75) is 0 Å². The molecule has 1 aromatic carbocycles. The number of rotatable bonds is 1. The van der Waals surface area contributed by atoms with Gasteiger partial charge in [0.25, 0.3) is 0 Å². The Morgan fingerprint density at radius 1 is 1.46 bits per heavy atom. The molecule has 66 valence electrons. The van der Waals surface area contributed by atoms with Gasteiger partial charge >= 0.3 is 5.97 Å². The molecule has 2 N–H and O–H groups in total. The van der Waals surface area contributed by atoms with Crippen LogP contribution in [0.2, 0.25) is 0 Å². The highest BCUT2D eigenvalue weighted by atomic mass is 16.4. The SMILES string of the molecule is O=C(O)c1cc2c([O-])cccc2[nH]1. The average Bonchev–Trinajstić information content (AvgIpc) is 2.49. The van der Waals surface area contributed by atoms with E-state index in [-0.39, 0.29) is 11.4 Å². The molecular formula is C9H6NO3-. The zero-order chi connectivity index (χ0) is 9.42. The van der Waals surface area contributed by atoms with E-state index < -0.39 is 5.97 Å². The molecule has 1 heterocycles. The Bertz CT molecular complexity index is 473. The molecule has 0 radical (unpaired) electrons. The van der Waals surface area contributed by atoms with Gasteiger partial charge in [-0.25, -0.2) is 4.79 Å². The summed E-state index contributed by atoms with van der Waals surface area (Å²) in [7, 11) is 0. The molecule has 0 aliphatic rings. The molecule has 0 aliphatic heterocycles. The third kappa shape index (κ3) is 1.12. The quantitative estimate of drug-likeness (QED) is 0.678. The lowest BCUT2D eigenvalue weighted by Crippen LogP contribution is -1.94. The molecule has 0 unspecified atom stereocenters. The van der Waals surface area contributed by atoms with Gasteiger partial charge in [0.1, 0.15) is 5.69 Å². The Hall–Kier alpha value is -1.97. The van der Waals surface area contributed by atoms with Crippen molar-refractivity contribution in [3.05, 3.63) is 30.0 Å². The van der Waals surface area contributed by atoms with Crippen molar-refractivity contribution < 1.29 is 15.0 Å². The van der Waals surface area contributed by atoms with E-state index in [0.717, 1.165) is 0 Å². The summed E-state index contributed by atoms with van der Waals surface area (Å²) in [4.78, 5) is 13.2. The van der Waals surface area contributed by atoms with Crippen molar-refractivity contribution in [1.82, 2.24) is 4.98 Å². The summed E-state index contributed by atoms with van der Waals surface area (Å²) in [6.45, 7) is 0. The molecule has 0 fully saturated rings. The summed E-state index contributed by atoms with van der Waals surface area (Å²) >= 11 is 0. The van der Waals surface area contributed by atoms with Crippen LogP contribution in [0.5, 0.6) is 5.75 Å². The van der Waals surface area contributed by atoms with Crippen LogP contribution >= 0.6 is 0 Å². The molecule has 0 atom stereocenters. The van der Waals surface area contributed by atoms with Crippen molar-refractivity contribution in [2.75, 3.05) is 0 Å². The average molecular weight is 176 g/mol. The van der Waals surface area contributed by atoms with Crippen LogP contribution in [-0.4, -0.2) is 16.1 Å². The molecule has 0 amide bonds. The van der Waals surface area contributed by atoms with Gasteiger partial charge in [0.2, 0.25) is 0 Å². The van der Waals surface area contributed by atoms with Gasteiger partial charge in [0, 0.05) is 5.52 Å². The summed E-state index contributed by atoms with van der Waals surface area (Å²) in [6, 6.07) is 6.01. The van der Waals surface area contributed by atoms with E-state index >= 15 is 0 Å². The molecule has 4 heteroatoms. The molecule has 0 bridgehead atoms. The highest BCUT2D eigenvalue weighted by molar-refractivity contribution is 5.95. The number of fused-ring (bicyclic) bond motifs is 1.